The van der Waals surface area contributed by atoms with Gasteiger partial charge in [-0.15, -0.1) is 0 Å². The van der Waals surface area contributed by atoms with Crippen molar-refractivity contribution < 1.29 is 28.2 Å². The number of alkyl halides is 2. The van der Waals surface area contributed by atoms with Gasteiger partial charge in [0, 0.05) is 18.8 Å². The Morgan fingerprint density at radius 2 is 1.96 bits per heavy atom. The maximum Gasteiger partial charge on any atom is 0.329 e. The number of rotatable bonds is 10. The third-order valence-electron chi connectivity index (χ3n) is 3.85. The monoisotopic (exact) mass is 356 g/mol. The maximum atomic E-state index is 14.3. The largest absolute Gasteiger partial charge is 0.396 e. The highest BCUT2D eigenvalue weighted by Gasteiger charge is 2.35. The minimum atomic E-state index is -3.22. The molecule has 1 saturated heterocycles. The first-order valence-corrected chi connectivity index (χ1v) is 8.23. The Balaban J connectivity index is 1.92. The van der Waals surface area contributed by atoms with Crippen LogP contribution in [0, 0.1) is 0 Å². The number of anilines is 1. The number of carbonyl (C=O) groups excluding carboxylic acids is 2. The molecule has 6 nitrogen and oxygen atoms in total. The van der Waals surface area contributed by atoms with E-state index < -0.39 is 24.5 Å². The Morgan fingerprint density at radius 3 is 2.64 bits per heavy atom. The average molecular weight is 356 g/mol. The third kappa shape index (κ3) is 5.20. The molecule has 2 N–H and O–H groups in total. The van der Waals surface area contributed by atoms with E-state index >= 15 is 0 Å². The summed E-state index contributed by atoms with van der Waals surface area (Å²) < 4.78 is 33.6. The molecule has 1 fully saturated rings. The Labute approximate surface area is 144 Å². The number of hydrogen-bond donors (Lipinski definition) is 2. The molecule has 1 aromatic rings. The van der Waals surface area contributed by atoms with Gasteiger partial charge in [0.25, 0.3) is 11.8 Å². The summed E-state index contributed by atoms with van der Waals surface area (Å²) in [5.74, 6) is -3.70. The number of aliphatic hydroxyl groups is 1. The van der Waals surface area contributed by atoms with Crippen molar-refractivity contribution in [2.45, 2.75) is 31.6 Å². The Bertz CT molecular complexity index is 594. The van der Waals surface area contributed by atoms with Crippen molar-refractivity contribution in [3.8, 4) is 0 Å². The molecule has 8 heteroatoms. The molecular weight excluding hydrogens is 334 g/mol. The molecule has 1 aliphatic rings. The highest BCUT2D eigenvalue weighted by molar-refractivity contribution is 6.19. The van der Waals surface area contributed by atoms with Gasteiger partial charge in [0.2, 0.25) is 0 Å². The van der Waals surface area contributed by atoms with Gasteiger partial charge < -0.3 is 15.2 Å². The number of aliphatic hydroxyl groups excluding tert-OH is 1. The molecule has 3 amide bonds. The second kappa shape index (κ2) is 8.87. The number of unbranched alkanes of at least 4 members (excludes halogenated alkanes) is 3. The highest BCUT2D eigenvalue weighted by atomic mass is 19.3. The van der Waals surface area contributed by atoms with Gasteiger partial charge in [-0.1, -0.05) is 25.0 Å². The predicted molar refractivity (Wildman–Crippen MR) is 87.6 cm³/mol. The van der Waals surface area contributed by atoms with Crippen LogP contribution in [0.2, 0.25) is 0 Å². The van der Waals surface area contributed by atoms with Gasteiger partial charge in [-0.05, 0) is 25.0 Å². The standard InChI is InChI=1S/C17H22F2N2O4/c18-17(19,12-25-9-4-2-1-3-8-22)13-6-5-7-14(10-13)21-15(23)11-20-16(21)24/h5-7,10,22H,1-4,8-9,11-12H2,(H,20,24). The van der Waals surface area contributed by atoms with Gasteiger partial charge >= 0.3 is 6.03 Å². The summed E-state index contributed by atoms with van der Waals surface area (Å²) in [4.78, 5) is 24.2. The normalized spacial score (nSPS) is 14.9. The van der Waals surface area contributed by atoms with E-state index in [0.717, 1.165) is 23.8 Å². The average Bonchev–Trinajstić information content (AvgIpc) is 2.93. The fourth-order valence-corrected chi connectivity index (χ4v) is 2.51. The molecule has 138 valence electrons. The van der Waals surface area contributed by atoms with Crippen LogP contribution in [0.3, 0.4) is 0 Å². The minimum absolute atomic E-state index is 0.112. The Morgan fingerprint density at radius 1 is 1.20 bits per heavy atom. The fourth-order valence-electron chi connectivity index (χ4n) is 2.51. The zero-order valence-electron chi connectivity index (χ0n) is 13.8. The summed E-state index contributed by atoms with van der Waals surface area (Å²) >= 11 is 0. The van der Waals surface area contributed by atoms with E-state index in [-0.39, 0.29) is 31.0 Å². The topological polar surface area (TPSA) is 78.9 Å². The lowest BCUT2D eigenvalue weighted by Gasteiger charge is -2.19. The lowest BCUT2D eigenvalue weighted by Crippen LogP contribution is -2.31. The Hall–Kier alpha value is -2.06. The maximum absolute atomic E-state index is 14.3. The van der Waals surface area contributed by atoms with Crippen LogP contribution >= 0.6 is 0 Å². The summed E-state index contributed by atoms with van der Waals surface area (Å²) in [6, 6.07) is 4.57. The summed E-state index contributed by atoms with van der Waals surface area (Å²) in [6.45, 7) is -0.560. The van der Waals surface area contributed by atoms with Crippen LogP contribution < -0.4 is 10.2 Å². The summed E-state index contributed by atoms with van der Waals surface area (Å²) in [5, 5.41) is 11.0. The van der Waals surface area contributed by atoms with Crippen molar-refractivity contribution in [3.05, 3.63) is 29.8 Å². The lowest BCUT2D eigenvalue weighted by molar-refractivity contribution is -0.115. The predicted octanol–water partition coefficient (Wildman–Crippen LogP) is 2.40. The minimum Gasteiger partial charge on any atom is -0.396 e. The number of amides is 3. The molecule has 0 saturated carbocycles. The number of hydrogen-bond acceptors (Lipinski definition) is 4. The number of urea groups is 1. The van der Waals surface area contributed by atoms with Crippen molar-refractivity contribution in [3.63, 3.8) is 0 Å². The van der Waals surface area contributed by atoms with Gasteiger partial charge in [0.15, 0.2) is 0 Å². The molecule has 0 aromatic heterocycles. The zero-order valence-corrected chi connectivity index (χ0v) is 13.8. The molecule has 1 heterocycles. The van der Waals surface area contributed by atoms with Crippen LogP contribution in [0.15, 0.2) is 24.3 Å². The number of benzene rings is 1. The van der Waals surface area contributed by atoms with E-state index in [4.69, 9.17) is 9.84 Å². The second-order valence-electron chi connectivity index (χ2n) is 5.83. The molecule has 0 spiro atoms. The molecule has 1 aromatic carbocycles. The first kappa shape index (κ1) is 19.3. The van der Waals surface area contributed by atoms with Crippen LogP contribution in [0.5, 0.6) is 0 Å². The smallest absolute Gasteiger partial charge is 0.329 e. The third-order valence-corrected chi connectivity index (χ3v) is 3.85. The van der Waals surface area contributed by atoms with Gasteiger partial charge in [0.05, 0.1) is 12.2 Å². The quantitative estimate of drug-likeness (QED) is 0.498. The van der Waals surface area contributed by atoms with Crippen LogP contribution in [0.25, 0.3) is 0 Å². The first-order valence-electron chi connectivity index (χ1n) is 8.23. The van der Waals surface area contributed by atoms with Crippen molar-refractivity contribution in [1.29, 1.82) is 0 Å². The van der Waals surface area contributed by atoms with Gasteiger partial charge in [-0.25, -0.2) is 9.69 Å². The molecule has 0 atom stereocenters. The van der Waals surface area contributed by atoms with E-state index in [0.29, 0.717) is 12.8 Å². The SMILES string of the molecule is O=C1CNC(=O)N1c1cccc(C(F)(F)COCCCCCCO)c1. The number of halogens is 2. The number of nitrogens with zero attached hydrogens (tertiary/aromatic N) is 1. The van der Waals surface area contributed by atoms with Crippen molar-refractivity contribution in [1.82, 2.24) is 5.32 Å². The number of ether oxygens (including phenoxy) is 1. The van der Waals surface area contributed by atoms with Crippen molar-refractivity contribution >= 4 is 17.6 Å². The van der Waals surface area contributed by atoms with Crippen LogP contribution in [-0.4, -0.2) is 43.4 Å². The van der Waals surface area contributed by atoms with Gasteiger partial charge in [0.1, 0.15) is 6.61 Å². The lowest BCUT2D eigenvalue weighted by atomic mass is 10.1. The van der Waals surface area contributed by atoms with E-state index in [1.54, 1.807) is 0 Å². The Kier molecular flexibility index (Phi) is 6.83. The first-order chi connectivity index (χ1) is 12.0. The molecular formula is C17H22F2N2O4. The number of nitrogens with one attached hydrogen (secondary N) is 1. The van der Waals surface area contributed by atoms with E-state index in [2.05, 4.69) is 5.32 Å². The summed E-state index contributed by atoms with van der Waals surface area (Å²) in [7, 11) is 0. The molecule has 0 radical (unpaired) electrons. The molecule has 25 heavy (non-hydrogen) atoms. The van der Waals surface area contributed by atoms with Crippen molar-refractivity contribution in [2.75, 3.05) is 31.3 Å². The van der Waals surface area contributed by atoms with Gasteiger partial charge in [-0.2, -0.15) is 8.78 Å². The zero-order chi connectivity index (χ0) is 18.3. The second-order valence-corrected chi connectivity index (χ2v) is 5.83. The fraction of sp³-hybridized carbons (Fsp3) is 0.529. The molecule has 0 bridgehead atoms. The molecule has 0 aliphatic carbocycles. The van der Waals surface area contributed by atoms with Crippen LogP contribution in [-0.2, 0) is 15.5 Å². The van der Waals surface area contributed by atoms with E-state index in [1.807, 2.05) is 0 Å². The molecule has 2 rings (SSSR count). The van der Waals surface area contributed by atoms with E-state index in [1.165, 1.54) is 18.2 Å². The van der Waals surface area contributed by atoms with Gasteiger partial charge in [-0.3, -0.25) is 4.79 Å². The highest BCUT2D eigenvalue weighted by Crippen LogP contribution is 2.31. The van der Waals surface area contributed by atoms with Crippen LogP contribution in [0.1, 0.15) is 31.2 Å². The number of imide groups is 1. The summed E-state index contributed by atoms with van der Waals surface area (Å²) in [6.07, 6.45) is 3.00. The van der Waals surface area contributed by atoms with E-state index in [9.17, 15) is 18.4 Å². The van der Waals surface area contributed by atoms with Crippen LogP contribution in [0.4, 0.5) is 19.3 Å². The molecule has 0 unspecified atom stereocenters. The van der Waals surface area contributed by atoms with Crippen molar-refractivity contribution in [2.24, 2.45) is 0 Å². The number of carbonyl (C=O) groups is 2. The molecule has 1 aliphatic heterocycles. The summed E-state index contributed by atoms with van der Waals surface area (Å²) in [5.41, 5.74) is -0.195.